The summed E-state index contributed by atoms with van der Waals surface area (Å²) in [5.41, 5.74) is 0.844. The fraction of sp³-hybridized carbons (Fsp3) is 0.400. The molecule has 1 saturated carbocycles. The van der Waals surface area contributed by atoms with Crippen molar-refractivity contribution in [2.24, 2.45) is 0 Å². The molecule has 0 unspecified atom stereocenters. The van der Waals surface area contributed by atoms with Gasteiger partial charge in [-0.05, 0) is 25.0 Å². The van der Waals surface area contributed by atoms with Crippen molar-refractivity contribution < 1.29 is 5.11 Å². The monoisotopic (exact) mass is 231 g/mol. The Morgan fingerprint density at radius 2 is 2.00 bits per heavy atom. The predicted octanol–water partition coefficient (Wildman–Crippen LogP) is 2.93. The second-order valence-electron chi connectivity index (χ2n) is 3.57. The Hall–Kier alpha value is -0.440. The van der Waals surface area contributed by atoms with Crippen molar-refractivity contribution in [3.8, 4) is 0 Å². The Morgan fingerprint density at radius 1 is 1.29 bits per heavy atom. The Bertz CT molecular complexity index is 337. The van der Waals surface area contributed by atoms with Crippen LogP contribution in [0.3, 0.4) is 0 Å². The number of halogens is 2. The lowest BCUT2D eigenvalue weighted by Crippen LogP contribution is -2.38. The van der Waals surface area contributed by atoms with Gasteiger partial charge < -0.3 is 10.4 Å². The van der Waals surface area contributed by atoms with E-state index in [1.807, 2.05) is 12.1 Å². The molecule has 0 aromatic heterocycles. The van der Waals surface area contributed by atoms with E-state index in [2.05, 4.69) is 5.32 Å². The molecule has 2 N–H and O–H groups in total. The Morgan fingerprint density at radius 3 is 2.64 bits per heavy atom. The summed E-state index contributed by atoms with van der Waals surface area (Å²) in [6, 6.07) is 5.82. The number of benzene rings is 1. The van der Waals surface area contributed by atoms with Crippen LogP contribution in [0.4, 0.5) is 5.69 Å². The largest absolute Gasteiger partial charge is 0.393 e. The Kier molecular flexibility index (Phi) is 2.86. The maximum atomic E-state index is 9.12. The van der Waals surface area contributed by atoms with E-state index < -0.39 is 0 Å². The summed E-state index contributed by atoms with van der Waals surface area (Å²) >= 11 is 11.9. The van der Waals surface area contributed by atoms with E-state index in [0.717, 1.165) is 18.5 Å². The summed E-state index contributed by atoms with van der Waals surface area (Å²) in [6.07, 6.45) is 1.40. The number of nitrogens with one attached hydrogen (secondary N) is 1. The van der Waals surface area contributed by atoms with Crippen molar-refractivity contribution in [2.45, 2.75) is 25.0 Å². The molecule has 0 bridgehead atoms. The van der Waals surface area contributed by atoms with Crippen LogP contribution in [0.1, 0.15) is 12.8 Å². The molecule has 1 aromatic carbocycles. The van der Waals surface area contributed by atoms with Crippen molar-refractivity contribution in [1.29, 1.82) is 0 Å². The van der Waals surface area contributed by atoms with Crippen LogP contribution >= 0.6 is 23.2 Å². The minimum absolute atomic E-state index is 0.162. The third-order valence-electron chi connectivity index (χ3n) is 2.42. The molecule has 0 amide bonds. The molecule has 1 aliphatic rings. The van der Waals surface area contributed by atoms with E-state index in [1.165, 1.54) is 0 Å². The second-order valence-corrected chi connectivity index (χ2v) is 4.35. The van der Waals surface area contributed by atoms with Crippen LogP contribution in [0, 0.1) is 0 Å². The summed E-state index contributed by atoms with van der Waals surface area (Å²) < 4.78 is 0. The van der Waals surface area contributed by atoms with Crippen LogP contribution < -0.4 is 5.32 Å². The summed E-state index contributed by atoms with van der Waals surface area (Å²) in [5, 5.41) is 13.5. The van der Waals surface area contributed by atoms with E-state index in [0.29, 0.717) is 16.1 Å². The van der Waals surface area contributed by atoms with Crippen LogP contribution in [-0.4, -0.2) is 17.3 Å². The van der Waals surface area contributed by atoms with Crippen LogP contribution in [-0.2, 0) is 0 Å². The molecule has 14 heavy (non-hydrogen) atoms. The van der Waals surface area contributed by atoms with Crippen molar-refractivity contribution >= 4 is 28.9 Å². The third kappa shape index (κ3) is 1.97. The normalized spacial score (nSPS) is 25.6. The molecule has 0 radical (unpaired) electrons. The number of aliphatic hydroxyl groups excluding tert-OH is 1. The average Bonchev–Trinajstić information content (AvgIpc) is 2.10. The highest BCUT2D eigenvalue weighted by Crippen LogP contribution is 2.32. The van der Waals surface area contributed by atoms with E-state index in [-0.39, 0.29) is 6.10 Å². The Balaban J connectivity index is 2.06. The van der Waals surface area contributed by atoms with Crippen LogP contribution in [0.5, 0.6) is 0 Å². The molecule has 0 saturated heterocycles. The molecule has 0 heterocycles. The molecular weight excluding hydrogens is 221 g/mol. The SMILES string of the molecule is OC1CC(Nc2cccc(Cl)c2Cl)C1. The molecule has 2 rings (SSSR count). The van der Waals surface area contributed by atoms with Gasteiger partial charge in [-0.25, -0.2) is 0 Å². The minimum Gasteiger partial charge on any atom is -0.393 e. The van der Waals surface area contributed by atoms with E-state index in [4.69, 9.17) is 28.3 Å². The van der Waals surface area contributed by atoms with Crippen LogP contribution in [0.25, 0.3) is 0 Å². The second kappa shape index (κ2) is 3.97. The van der Waals surface area contributed by atoms with Gasteiger partial charge in [0.05, 0.1) is 21.8 Å². The zero-order valence-electron chi connectivity index (χ0n) is 7.50. The van der Waals surface area contributed by atoms with Crippen molar-refractivity contribution in [1.82, 2.24) is 0 Å². The molecule has 0 spiro atoms. The Labute approximate surface area is 92.8 Å². The molecule has 0 atom stereocenters. The van der Waals surface area contributed by atoms with Crippen LogP contribution in [0.2, 0.25) is 10.0 Å². The number of hydrogen-bond acceptors (Lipinski definition) is 2. The fourth-order valence-corrected chi connectivity index (χ4v) is 1.90. The van der Waals surface area contributed by atoms with Gasteiger partial charge in [0.1, 0.15) is 0 Å². The molecule has 1 aliphatic carbocycles. The van der Waals surface area contributed by atoms with Gasteiger partial charge in [-0.15, -0.1) is 0 Å². The quantitative estimate of drug-likeness (QED) is 0.821. The van der Waals surface area contributed by atoms with Crippen LogP contribution in [0.15, 0.2) is 18.2 Å². The summed E-state index contributed by atoms with van der Waals surface area (Å²) in [4.78, 5) is 0. The molecule has 4 heteroatoms. The highest BCUT2D eigenvalue weighted by molar-refractivity contribution is 6.43. The molecule has 1 fully saturated rings. The highest BCUT2D eigenvalue weighted by Gasteiger charge is 2.27. The lowest BCUT2D eigenvalue weighted by Gasteiger charge is -2.33. The lowest BCUT2D eigenvalue weighted by molar-refractivity contribution is 0.0836. The maximum absolute atomic E-state index is 9.12. The van der Waals surface area contributed by atoms with Crippen molar-refractivity contribution in [3.63, 3.8) is 0 Å². The van der Waals surface area contributed by atoms with Gasteiger partial charge in [0.2, 0.25) is 0 Å². The van der Waals surface area contributed by atoms with E-state index in [1.54, 1.807) is 6.07 Å². The summed E-state index contributed by atoms with van der Waals surface area (Å²) in [6.45, 7) is 0. The lowest BCUT2D eigenvalue weighted by atomic mass is 9.89. The zero-order valence-corrected chi connectivity index (χ0v) is 9.02. The molecule has 76 valence electrons. The van der Waals surface area contributed by atoms with Gasteiger partial charge in [-0.1, -0.05) is 29.3 Å². The molecular formula is C10H11Cl2NO. The van der Waals surface area contributed by atoms with Gasteiger partial charge in [-0.3, -0.25) is 0 Å². The number of anilines is 1. The summed E-state index contributed by atoms with van der Waals surface area (Å²) in [5.74, 6) is 0. The first-order valence-electron chi connectivity index (χ1n) is 4.55. The minimum atomic E-state index is -0.162. The van der Waals surface area contributed by atoms with E-state index >= 15 is 0 Å². The zero-order chi connectivity index (χ0) is 10.1. The van der Waals surface area contributed by atoms with Crippen molar-refractivity contribution in [2.75, 3.05) is 5.32 Å². The van der Waals surface area contributed by atoms with Gasteiger partial charge >= 0.3 is 0 Å². The number of rotatable bonds is 2. The van der Waals surface area contributed by atoms with Crippen molar-refractivity contribution in [3.05, 3.63) is 28.2 Å². The highest BCUT2D eigenvalue weighted by atomic mass is 35.5. The van der Waals surface area contributed by atoms with Gasteiger partial charge in [-0.2, -0.15) is 0 Å². The number of aliphatic hydroxyl groups is 1. The topological polar surface area (TPSA) is 32.3 Å². The van der Waals surface area contributed by atoms with Gasteiger partial charge in [0, 0.05) is 6.04 Å². The average molecular weight is 232 g/mol. The first kappa shape index (κ1) is 10.1. The summed E-state index contributed by atoms with van der Waals surface area (Å²) in [7, 11) is 0. The first-order valence-corrected chi connectivity index (χ1v) is 5.31. The van der Waals surface area contributed by atoms with Gasteiger partial charge in [0.15, 0.2) is 0 Å². The third-order valence-corrected chi connectivity index (χ3v) is 3.24. The molecule has 2 nitrogen and oxygen atoms in total. The maximum Gasteiger partial charge on any atom is 0.0823 e. The van der Waals surface area contributed by atoms with Gasteiger partial charge in [0.25, 0.3) is 0 Å². The fourth-order valence-electron chi connectivity index (χ4n) is 1.54. The first-order chi connectivity index (χ1) is 6.66. The standard InChI is InChI=1S/C10H11Cl2NO/c11-8-2-1-3-9(10(8)12)13-6-4-7(14)5-6/h1-3,6-7,13-14H,4-5H2. The van der Waals surface area contributed by atoms with E-state index in [9.17, 15) is 0 Å². The predicted molar refractivity (Wildman–Crippen MR) is 59.1 cm³/mol. The smallest absolute Gasteiger partial charge is 0.0823 e. The molecule has 0 aliphatic heterocycles. The number of hydrogen-bond donors (Lipinski definition) is 2. The molecule has 1 aromatic rings.